The van der Waals surface area contributed by atoms with E-state index in [-0.39, 0.29) is 6.10 Å². The normalized spacial score (nSPS) is 41.9. The molecule has 0 amide bonds. The molecule has 0 saturated heterocycles. The average molecular weight is 140 g/mol. The van der Waals surface area contributed by atoms with Gasteiger partial charge in [0.15, 0.2) is 0 Å². The van der Waals surface area contributed by atoms with Crippen molar-refractivity contribution in [3.8, 4) is 0 Å². The van der Waals surface area contributed by atoms with Crippen LogP contribution in [0.2, 0.25) is 0 Å². The molecule has 0 spiro atoms. The molecule has 58 valence electrons. The minimum absolute atomic E-state index is 0.230. The first-order valence-electron chi connectivity index (χ1n) is 3.97. The second-order valence-corrected chi connectivity index (χ2v) is 3.57. The molecule has 1 rings (SSSR count). The first kappa shape index (κ1) is 7.80. The molecule has 0 aromatic rings. The highest BCUT2D eigenvalue weighted by atomic mass is 16.3. The van der Waals surface area contributed by atoms with Gasteiger partial charge in [0.2, 0.25) is 0 Å². The van der Waals surface area contributed by atoms with Crippen molar-refractivity contribution in [2.24, 2.45) is 11.8 Å². The Bertz CT molecular complexity index is 140. The fraction of sp³-hybridized carbons (Fsp3) is 0.778. The Kier molecular flexibility index (Phi) is 2.14. The zero-order chi connectivity index (χ0) is 7.72. The smallest absolute Gasteiger partial charge is 0.0750 e. The predicted molar refractivity (Wildman–Crippen MR) is 42.7 cm³/mol. The van der Waals surface area contributed by atoms with Crippen LogP contribution >= 0.6 is 0 Å². The van der Waals surface area contributed by atoms with Gasteiger partial charge in [0.05, 0.1) is 6.10 Å². The minimum Gasteiger partial charge on any atom is -0.389 e. The Morgan fingerprint density at radius 1 is 1.40 bits per heavy atom. The van der Waals surface area contributed by atoms with Gasteiger partial charge in [-0.25, -0.2) is 0 Å². The molecule has 1 aliphatic carbocycles. The van der Waals surface area contributed by atoms with E-state index in [0.29, 0.717) is 11.8 Å². The molecule has 1 heteroatoms. The molecule has 0 radical (unpaired) electrons. The summed E-state index contributed by atoms with van der Waals surface area (Å²) in [6, 6.07) is 0. The number of aliphatic hydroxyl groups excluding tert-OH is 1. The van der Waals surface area contributed by atoms with Gasteiger partial charge in [0, 0.05) is 0 Å². The maximum Gasteiger partial charge on any atom is 0.0750 e. The van der Waals surface area contributed by atoms with E-state index in [1.807, 2.05) is 0 Å². The Balaban J connectivity index is 2.54. The second-order valence-electron chi connectivity index (χ2n) is 3.57. The summed E-state index contributed by atoms with van der Waals surface area (Å²) in [6.45, 7) is 8.25. The molecular weight excluding hydrogens is 124 g/mol. The second kappa shape index (κ2) is 2.75. The van der Waals surface area contributed by atoms with Crippen molar-refractivity contribution >= 4 is 0 Å². The molecule has 1 saturated carbocycles. The first-order chi connectivity index (χ1) is 4.61. The summed E-state index contributed by atoms with van der Waals surface area (Å²) in [4.78, 5) is 0. The van der Waals surface area contributed by atoms with E-state index in [0.717, 1.165) is 18.4 Å². The standard InChI is InChI=1S/C9H16O/c1-6-4-8(3)9(10)5-7(6)2/h6-7,9-10H,3-5H2,1-2H3. The summed E-state index contributed by atoms with van der Waals surface area (Å²) in [7, 11) is 0. The van der Waals surface area contributed by atoms with Crippen molar-refractivity contribution in [1.82, 2.24) is 0 Å². The molecule has 0 aromatic heterocycles. The summed E-state index contributed by atoms with van der Waals surface area (Å²) >= 11 is 0. The van der Waals surface area contributed by atoms with Crippen LogP contribution in [-0.2, 0) is 0 Å². The van der Waals surface area contributed by atoms with Crippen molar-refractivity contribution in [3.05, 3.63) is 12.2 Å². The maximum atomic E-state index is 9.37. The fourth-order valence-corrected chi connectivity index (χ4v) is 1.50. The highest BCUT2D eigenvalue weighted by molar-refractivity contribution is 5.06. The van der Waals surface area contributed by atoms with Crippen LogP contribution in [0.4, 0.5) is 0 Å². The van der Waals surface area contributed by atoms with Crippen LogP contribution in [-0.4, -0.2) is 11.2 Å². The molecule has 1 fully saturated rings. The van der Waals surface area contributed by atoms with E-state index in [2.05, 4.69) is 20.4 Å². The van der Waals surface area contributed by atoms with E-state index in [1.54, 1.807) is 0 Å². The van der Waals surface area contributed by atoms with E-state index in [1.165, 1.54) is 0 Å². The third-order valence-corrected chi connectivity index (χ3v) is 2.62. The summed E-state index contributed by atoms with van der Waals surface area (Å²) in [5.74, 6) is 1.36. The van der Waals surface area contributed by atoms with E-state index < -0.39 is 0 Å². The van der Waals surface area contributed by atoms with Gasteiger partial charge >= 0.3 is 0 Å². The van der Waals surface area contributed by atoms with Gasteiger partial charge in [0.25, 0.3) is 0 Å². The quantitative estimate of drug-likeness (QED) is 0.510. The lowest BCUT2D eigenvalue weighted by molar-refractivity contribution is 0.129. The Hall–Kier alpha value is -0.300. The number of hydrogen-bond acceptors (Lipinski definition) is 1. The lowest BCUT2D eigenvalue weighted by atomic mass is 9.78. The van der Waals surface area contributed by atoms with Gasteiger partial charge < -0.3 is 5.11 Å². The third kappa shape index (κ3) is 1.40. The maximum absolute atomic E-state index is 9.37. The Labute approximate surface area is 62.8 Å². The van der Waals surface area contributed by atoms with E-state index in [4.69, 9.17) is 0 Å². The van der Waals surface area contributed by atoms with Crippen LogP contribution in [0, 0.1) is 11.8 Å². The van der Waals surface area contributed by atoms with E-state index >= 15 is 0 Å². The summed E-state index contributed by atoms with van der Waals surface area (Å²) in [6.07, 6.45) is 1.67. The van der Waals surface area contributed by atoms with Gasteiger partial charge in [-0.15, -0.1) is 0 Å². The number of rotatable bonds is 0. The van der Waals surface area contributed by atoms with Crippen LogP contribution in [0.5, 0.6) is 0 Å². The van der Waals surface area contributed by atoms with Crippen LogP contribution < -0.4 is 0 Å². The number of hydrogen-bond donors (Lipinski definition) is 1. The molecule has 10 heavy (non-hydrogen) atoms. The molecule has 1 aliphatic rings. The number of aliphatic hydroxyl groups is 1. The SMILES string of the molecule is C=C1CC(C)C(C)CC1O. The molecule has 3 atom stereocenters. The molecule has 3 unspecified atom stereocenters. The Morgan fingerprint density at radius 2 is 2.00 bits per heavy atom. The van der Waals surface area contributed by atoms with Crippen LogP contribution in [0.15, 0.2) is 12.2 Å². The molecule has 1 nitrogen and oxygen atoms in total. The predicted octanol–water partition coefficient (Wildman–Crippen LogP) is 1.97. The van der Waals surface area contributed by atoms with Gasteiger partial charge in [0.1, 0.15) is 0 Å². The average Bonchev–Trinajstić information content (AvgIpc) is 1.84. The largest absolute Gasteiger partial charge is 0.389 e. The zero-order valence-corrected chi connectivity index (χ0v) is 6.80. The minimum atomic E-state index is -0.230. The monoisotopic (exact) mass is 140 g/mol. The summed E-state index contributed by atoms with van der Waals surface area (Å²) in [5.41, 5.74) is 1.02. The van der Waals surface area contributed by atoms with E-state index in [9.17, 15) is 5.11 Å². The molecule has 0 bridgehead atoms. The molecule has 0 heterocycles. The summed E-state index contributed by atoms with van der Waals surface area (Å²) < 4.78 is 0. The first-order valence-corrected chi connectivity index (χ1v) is 3.97. The molecule has 0 aliphatic heterocycles. The summed E-state index contributed by atoms with van der Waals surface area (Å²) in [5, 5.41) is 9.37. The van der Waals surface area contributed by atoms with Crippen molar-refractivity contribution in [1.29, 1.82) is 0 Å². The van der Waals surface area contributed by atoms with Gasteiger partial charge in [-0.3, -0.25) is 0 Å². The van der Waals surface area contributed by atoms with Crippen LogP contribution in [0.3, 0.4) is 0 Å². The molecular formula is C9H16O. The van der Waals surface area contributed by atoms with Crippen molar-refractivity contribution < 1.29 is 5.11 Å². The zero-order valence-electron chi connectivity index (χ0n) is 6.80. The lowest BCUT2D eigenvalue weighted by Gasteiger charge is -2.30. The van der Waals surface area contributed by atoms with Gasteiger partial charge in [-0.05, 0) is 30.3 Å². The van der Waals surface area contributed by atoms with Crippen molar-refractivity contribution in [3.63, 3.8) is 0 Å². The topological polar surface area (TPSA) is 20.2 Å². The van der Waals surface area contributed by atoms with Gasteiger partial charge in [-0.2, -0.15) is 0 Å². The van der Waals surface area contributed by atoms with Gasteiger partial charge in [-0.1, -0.05) is 20.4 Å². The molecule has 1 N–H and O–H groups in total. The van der Waals surface area contributed by atoms with Crippen molar-refractivity contribution in [2.75, 3.05) is 0 Å². The molecule has 0 aromatic carbocycles. The highest BCUT2D eigenvalue weighted by Gasteiger charge is 2.25. The highest BCUT2D eigenvalue weighted by Crippen LogP contribution is 2.31. The Morgan fingerprint density at radius 3 is 2.50 bits per heavy atom. The van der Waals surface area contributed by atoms with Crippen molar-refractivity contribution in [2.45, 2.75) is 32.8 Å². The van der Waals surface area contributed by atoms with Crippen LogP contribution in [0.1, 0.15) is 26.7 Å². The third-order valence-electron chi connectivity index (χ3n) is 2.62. The fourth-order valence-electron chi connectivity index (χ4n) is 1.50. The lowest BCUT2D eigenvalue weighted by Crippen LogP contribution is -2.25. The van der Waals surface area contributed by atoms with Crippen LogP contribution in [0.25, 0.3) is 0 Å².